The van der Waals surface area contributed by atoms with E-state index in [-0.39, 0.29) is 18.1 Å². The molecular weight excluding hydrogens is 320 g/mol. The van der Waals surface area contributed by atoms with Gasteiger partial charge in [-0.1, -0.05) is 11.6 Å². The van der Waals surface area contributed by atoms with E-state index in [0.29, 0.717) is 10.9 Å². The number of nitrogens with one attached hydrogen (secondary N) is 1. The molecular formula is C16H17ClN2O2S. The van der Waals surface area contributed by atoms with E-state index < -0.39 is 0 Å². The van der Waals surface area contributed by atoms with Crippen LogP contribution in [0.1, 0.15) is 36.0 Å². The molecule has 0 aromatic carbocycles. The third-order valence-electron chi connectivity index (χ3n) is 3.78. The van der Waals surface area contributed by atoms with E-state index in [9.17, 15) is 4.79 Å². The summed E-state index contributed by atoms with van der Waals surface area (Å²) in [5.41, 5.74) is 0.744. The van der Waals surface area contributed by atoms with Crippen LogP contribution in [0, 0.1) is 0 Å². The first-order chi connectivity index (χ1) is 10.7. The highest BCUT2D eigenvalue weighted by Crippen LogP contribution is 2.23. The number of carbonyl (C=O) groups excluding carboxylic acids is 1. The first-order valence-corrected chi connectivity index (χ1v) is 8.64. The van der Waals surface area contributed by atoms with Crippen molar-refractivity contribution in [1.29, 1.82) is 0 Å². The fraction of sp³-hybridized carbons (Fsp3) is 0.375. The molecule has 22 heavy (non-hydrogen) atoms. The van der Waals surface area contributed by atoms with Crippen LogP contribution in [0.5, 0.6) is 5.88 Å². The maximum absolute atomic E-state index is 12.0. The Balaban J connectivity index is 1.46. The smallest absolute Gasteiger partial charge is 0.252 e. The first-order valence-electron chi connectivity index (χ1n) is 7.32. The van der Waals surface area contributed by atoms with Crippen LogP contribution in [-0.4, -0.2) is 23.0 Å². The minimum atomic E-state index is 0.0185. The van der Waals surface area contributed by atoms with Crippen molar-refractivity contribution in [2.45, 2.75) is 37.8 Å². The normalized spacial score (nSPS) is 21.3. The summed E-state index contributed by atoms with van der Waals surface area (Å²) in [4.78, 5) is 16.2. The van der Waals surface area contributed by atoms with Gasteiger partial charge in [0.25, 0.3) is 5.91 Å². The van der Waals surface area contributed by atoms with Crippen LogP contribution >= 0.6 is 22.9 Å². The molecule has 0 saturated heterocycles. The highest BCUT2D eigenvalue weighted by molar-refractivity contribution is 7.08. The predicted molar refractivity (Wildman–Crippen MR) is 87.7 cm³/mol. The van der Waals surface area contributed by atoms with E-state index >= 15 is 0 Å². The standard InChI is InChI=1S/C16H17ClN2O2S/c17-12-1-6-15(18-9-12)21-14-4-2-13(3-5-14)19-16(20)11-7-8-22-10-11/h1,6-10,13-14H,2-5H2,(H,19,20). The minimum absolute atomic E-state index is 0.0185. The Hall–Kier alpha value is -1.59. The number of hydrogen-bond donors (Lipinski definition) is 1. The summed E-state index contributed by atoms with van der Waals surface area (Å²) in [6.07, 6.45) is 5.42. The molecule has 0 spiro atoms. The van der Waals surface area contributed by atoms with Crippen molar-refractivity contribution in [3.8, 4) is 5.88 Å². The Morgan fingerprint density at radius 1 is 1.27 bits per heavy atom. The fourth-order valence-corrected chi connectivity index (χ4v) is 3.34. The Morgan fingerprint density at radius 2 is 2.09 bits per heavy atom. The lowest BCUT2D eigenvalue weighted by atomic mass is 9.93. The van der Waals surface area contributed by atoms with Crippen LogP contribution in [0.3, 0.4) is 0 Å². The fourth-order valence-electron chi connectivity index (χ4n) is 2.59. The molecule has 1 fully saturated rings. The van der Waals surface area contributed by atoms with Crippen LogP contribution in [-0.2, 0) is 0 Å². The van der Waals surface area contributed by atoms with Crippen molar-refractivity contribution in [2.24, 2.45) is 0 Å². The van der Waals surface area contributed by atoms with Crippen LogP contribution in [0.15, 0.2) is 35.2 Å². The Kier molecular flexibility index (Phi) is 4.95. The van der Waals surface area contributed by atoms with Crippen molar-refractivity contribution in [2.75, 3.05) is 0 Å². The SMILES string of the molecule is O=C(NC1CCC(Oc2ccc(Cl)cn2)CC1)c1ccsc1. The van der Waals surface area contributed by atoms with E-state index in [2.05, 4.69) is 10.3 Å². The van der Waals surface area contributed by atoms with Crippen molar-refractivity contribution in [3.63, 3.8) is 0 Å². The van der Waals surface area contributed by atoms with E-state index in [1.54, 1.807) is 18.3 Å². The number of hydrogen-bond acceptors (Lipinski definition) is 4. The molecule has 0 atom stereocenters. The summed E-state index contributed by atoms with van der Waals surface area (Å²) in [7, 11) is 0. The zero-order valence-electron chi connectivity index (χ0n) is 12.0. The quantitative estimate of drug-likeness (QED) is 0.920. The number of carbonyl (C=O) groups is 1. The van der Waals surface area contributed by atoms with Crippen molar-refractivity contribution in [1.82, 2.24) is 10.3 Å². The summed E-state index contributed by atoms with van der Waals surface area (Å²) in [6.45, 7) is 0. The van der Waals surface area contributed by atoms with E-state index in [1.165, 1.54) is 11.3 Å². The average molecular weight is 337 g/mol. The lowest BCUT2D eigenvalue weighted by molar-refractivity contribution is 0.0890. The second kappa shape index (κ2) is 7.11. The molecule has 0 bridgehead atoms. The molecule has 1 saturated carbocycles. The Labute approximate surface area is 138 Å². The maximum atomic E-state index is 12.0. The molecule has 1 N–H and O–H groups in total. The van der Waals surface area contributed by atoms with E-state index in [0.717, 1.165) is 31.2 Å². The second-order valence-corrected chi connectivity index (χ2v) is 6.61. The lowest BCUT2D eigenvalue weighted by Gasteiger charge is -2.29. The summed E-state index contributed by atoms with van der Waals surface area (Å²) in [5.74, 6) is 0.625. The van der Waals surface area contributed by atoms with Crippen LogP contribution in [0.2, 0.25) is 5.02 Å². The van der Waals surface area contributed by atoms with Crippen molar-refractivity contribution in [3.05, 3.63) is 45.7 Å². The third-order valence-corrected chi connectivity index (χ3v) is 4.69. The van der Waals surface area contributed by atoms with Gasteiger partial charge in [-0.05, 0) is 43.2 Å². The van der Waals surface area contributed by atoms with Crippen LogP contribution in [0.25, 0.3) is 0 Å². The summed E-state index contributed by atoms with van der Waals surface area (Å²) in [6, 6.07) is 5.63. The van der Waals surface area contributed by atoms with Gasteiger partial charge >= 0.3 is 0 Å². The molecule has 0 aliphatic heterocycles. The van der Waals surface area contributed by atoms with Crippen LogP contribution < -0.4 is 10.1 Å². The zero-order valence-corrected chi connectivity index (χ0v) is 13.6. The maximum Gasteiger partial charge on any atom is 0.252 e. The number of pyridine rings is 1. The number of nitrogens with zero attached hydrogens (tertiary/aromatic N) is 1. The molecule has 1 aliphatic rings. The number of ether oxygens (including phenoxy) is 1. The molecule has 2 heterocycles. The zero-order chi connectivity index (χ0) is 15.4. The van der Waals surface area contributed by atoms with Crippen LogP contribution in [0.4, 0.5) is 0 Å². The summed E-state index contributed by atoms with van der Waals surface area (Å²) >= 11 is 7.34. The average Bonchev–Trinajstić information content (AvgIpc) is 3.06. The number of thiophene rings is 1. The third kappa shape index (κ3) is 3.99. The minimum Gasteiger partial charge on any atom is -0.474 e. The van der Waals surface area contributed by atoms with Gasteiger partial charge in [0.2, 0.25) is 5.88 Å². The summed E-state index contributed by atoms with van der Waals surface area (Å²) in [5, 5.41) is 7.48. The molecule has 1 amide bonds. The Bertz CT molecular complexity index is 608. The number of rotatable bonds is 4. The molecule has 116 valence electrons. The van der Waals surface area contributed by atoms with Gasteiger partial charge in [-0.25, -0.2) is 4.98 Å². The molecule has 1 aliphatic carbocycles. The van der Waals surface area contributed by atoms with Crippen molar-refractivity contribution < 1.29 is 9.53 Å². The monoisotopic (exact) mass is 336 g/mol. The largest absolute Gasteiger partial charge is 0.474 e. The van der Waals surface area contributed by atoms with E-state index in [4.69, 9.17) is 16.3 Å². The van der Waals surface area contributed by atoms with Gasteiger partial charge in [0.1, 0.15) is 6.10 Å². The molecule has 2 aromatic heterocycles. The highest BCUT2D eigenvalue weighted by Gasteiger charge is 2.24. The molecule has 3 rings (SSSR count). The number of aromatic nitrogens is 1. The molecule has 6 heteroatoms. The molecule has 0 radical (unpaired) electrons. The van der Waals surface area contributed by atoms with Gasteiger partial charge in [-0.15, -0.1) is 0 Å². The molecule has 2 aromatic rings. The van der Waals surface area contributed by atoms with Gasteiger partial charge in [-0.3, -0.25) is 4.79 Å². The highest BCUT2D eigenvalue weighted by atomic mass is 35.5. The van der Waals surface area contributed by atoms with Gasteiger partial charge in [0.15, 0.2) is 0 Å². The van der Waals surface area contributed by atoms with Gasteiger partial charge < -0.3 is 10.1 Å². The molecule has 4 nitrogen and oxygen atoms in total. The predicted octanol–water partition coefficient (Wildman–Crippen LogP) is 3.92. The topological polar surface area (TPSA) is 51.2 Å². The number of halogens is 1. The summed E-state index contributed by atoms with van der Waals surface area (Å²) < 4.78 is 5.86. The molecule has 0 unspecified atom stereocenters. The number of amides is 1. The lowest BCUT2D eigenvalue weighted by Crippen LogP contribution is -2.39. The van der Waals surface area contributed by atoms with Gasteiger partial charge in [0, 0.05) is 29.2 Å². The first kappa shape index (κ1) is 15.3. The van der Waals surface area contributed by atoms with E-state index in [1.807, 2.05) is 16.8 Å². The van der Waals surface area contributed by atoms with Gasteiger partial charge in [0.05, 0.1) is 5.02 Å². The van der Waals surface area contributed by atoms with Crippen molar-refractivity contribution >= 4 is 28.8 Å². The Morgan fingerprint density at radius 3 is 2.73 bits per heavy atom. The van der Waals surface area contributed by atoms with Gasteiger partial charge in [-0.2, -0.15) is 11.3 Å². The second-order valence-electron chi connectivity index (χ2n) is 5.39.